The molecular weight excluding hydrogens is 258 g/mol. The van der Waals surface area contributed by atoms with Gasteiger partial charge in [-0.25, -0.2) is 0 Å². The maximum Gasteiger partial charge on any atom is 0.125 e. The minimum atomic E-state index is -0.0286. The molecule has 1 aliphatic carbocycles. The molecule has 1 saturated carbocycles. The predicted octanol–water partition coefficient (Wildman–Crippen LogP) is 4.46. The van der Waals surface area contributed by atoms with Gasteiger partial charge in [0.25, 0.3) is 0 Å². The molecule has 1 spiro atoms. The van der Waals surface area contributed by atoms with Crippen molar-refractivity contribution < 1.29 is 4.74 Å². The van der Waals surface area contributed by atoms with E-state index in [-0.39, 0.29) is 11.6 Å². The average Bonchev–Trinajstić information content (AvgIpc) is 2.40. The van der Waals surface area contributed by atoms with Gasteiger partial charge in [0, 0.05) is 23.0 Å². The lowest BCUT2D eigenvalue weighted by atomic mass is 9.72. The Kier molecular flexibility index (Phi) is 3.48. The van der Waals surface area contributed by atoms with Crippen LogP contribution in [0.5, 0.6) is 5.75 Å². The van der Waals surface area contributed by atoms with Crippen LogP contribution in [0.3, 0.4) is 0 Å². The minimum absolute atomic E-state index is 0.0286. The van der Waals surface area contributed by atoms with Crippen LogP contribution in [0.1, 0.15) is 57.1 Å². The molecule has 1 fully saturated rings. The van der Waals surface area contributed by atoms with Crippen LogP contribution in [0.2, 0.25) is 5.02 Å². The first-order chi connectivity index (χ1) is 9.12. The van der Waals surface area contributed by atoms with Crippen molar-refractivity contribution >= 4 is 11.6 Å². The van der Waals surface area contributed by atoms with Gasteiger partial charge >= 0.3 is 0 Å². The lowest BCUT2D eigenvalue weighted by Crippen LogP contribution is -2.46. The van der Waals surface area contributed by atoms with Crippen LogP contribution in [0.4, 0.5) is 0 Å². The quantitative estimate of drug-likeness (QED) is 0.824. The van der Waals surface area contributed by atoms with Gasteiger partial charge in [-0.1, -0.05) is 31.4 Å². The Labute approximate surface area is 120 Å². The summed E-state index contributed by atoms with van der Waals surface area (Å²) in [5.74, 6) is 1.73. The fourth-order valence-electron chi connectivity index (χ4n) is 3.76. The van der Waals surface area contributed by atoms with Crippen molar-refractivity contribution in [3.63, 3.8) is 0 Å². The van der Waals surface area contributed by atoms with E-state index in [0.29, 0.717) is 0 Å². The molecule has 1 heterocycles. The standard InChI is InChI=1S/C16H22ClNO/c1-2-11-4-3-7-16(9-11)10-14(18)13-8-12(17)5-6-15(13)19-16/h5-6,8,11,14H,2-4,7,9-10,18H2,1H3/t11?,14-,16?/m1/s1. The summed E-state index contributed by atoms with van der Waals surface area (Å²) in [5.41, 5.74) is 7.41. The first-order valence-electron chi connectivity index (χ1n) is 7.36. The summed E-state index contributed by atoms with van der Waals surface area (Å²) in [6, 6.07) is 5.88. The molecule has 1 aliphatic heterocycles. The average molecular weight is 280 g/mol. The summed E-state index contributed by atoms with van der Waals surface area (Å²) >= 11 is 6.05. The first-order valence-corrected chi connectivity index (χ1v) is 7.74. The van der Waals surface area contributed by atoms with Gasteiger partial charge in [0.15, 0.2) is 0 Å². The van der Waals surface area contributed by atoms with E-state index in [9.17, 15) is 0 Å². The van der Waals surface area contributed by atoms with E-state index >= 15 is 0 Å². The molecule has 0 aromatic heterocycles. The van der Waals surface area contributed by atoms with Gasteiger partial charge in [-0.15, -0.1) is 0 Å². The fourth-order valence-corrected chi connectivity index (χ4v) is 3.94. The third kappa shape index (κ3) is 2.48. The number of nitrogens with two attached hydrogens (primary N) is 1. The van der Waals surface area contributed by atoms with E-state index in [2.05, 4.69) is 6.92 Å². The van der Waals surface area contributed by atoms with Gasteiger partial charge in [-0.05, 0) is 43.4 Å². The van der Waals surface area contributed by atoms with E-state index in [1.165, 1.54) is 19.3 Å². The molecule has 0 saturated heterocycles. The summed E-state index contributed by atoms with van der Waals surface area (Å²) in [4.78, 5) is 0. The lowest BCUT2D eigenvalue weighted by Gasteiger charge is -2.46. The monoisotopic (exact) mass is 279 g/mol. The zero-order chi connectivity index (χ0) is 13.5. The molecule has 3 heteroatoms. The van der Waals surface area contributed by atoms with Gasteiger partial charge in [0.1, 0.15) is 11.4 Å². The summed E-state index contributed by atoms with van der Waals surface area (Å²) in [6.07, 6.45) is 7.06. The molecule has 2 unspecified atom stereocenters. The number of hydrogen-bond acceptors (Lipinski definition) is 2. The molecule has 3 rings (SSSR count). The number of benzene rings is 1. The topological polar surface area (TPSA) is 35.2 Å². The van der Waals surface area contributed by atoms with Gasteiger partial charge in [-0.3, -0.25) is 0 Å². The van der Waals surface area contributed by atoms with Gasteiger partial charge in [0.05, 0.1) is 0 Å². The van der Waals surface area contributed by atoms with Crippen LogP contribution >= 0.6 is 11.6 Å². The number of fused-ring (bicyclic) bond motifs is 1. The molecule has 104 valence electrons. The third-order valence-corrected chi connectivity index (χ3v) is 5.01. The summed E-state index contributed by atoms with van der Waals surface area (Å²) in [6.45, 7) is 2.28. The Bertz CT molecular complexity index is 476. The molecule has 2 aliphatic rings. The van der Waals surface area contributed by atoms with Crippen molar-refractivity contribution in [2.24, 2.45) is 11.7 Å². The van der Waals surface area contributed by atoms with E-state index in [0.717, 1.165) is 41.5 Å². The molecule has 0 radical (unpaired) electrons. The van der Waals surface area contributed by atoms with E-state index in [1.807, 2.05) is 18.2 Å². The number of ether oxygens (including phenoxy) is 1. The van der Waals surface area contributed by atoms with Crippen LogP contribution in [-0.2, 0) is 0 Å². The van der Waals surface area contributed by atoms with Crippen LogP contribution in [-0.4, -0.2) is 5.60 Å². The van der Waals surface area contributed by atoms with Crippen molar-refractivity contribution in [1.82, 2.24) is 0 Å². The predicted molar refractivity (Wildman–Crippen MR) is 78.6 cm³/mol. The Hall–Kier alpha value is -0.730. The van der Waals surface area contributed by atoms with Crippen molar-refractivity contribution in [2.45, 2.75) is 57.1 Å². The van der Waals surface area contributed by atoms with Crippen LogP contribution < -0.4 is 10.5 Å². The third-order valence-electron chi connectivity index (χ3n) is 4.77. The highest BCUT2D eigenvalue weighted by atomic mass is 35.5. The Balaban J connectivity index is 1.89. The minimum Gasteiger partial charge on any atom is -0.487 e. The first kappa shape index (κ1) is 13.3. The van der Waals surface area contributed by atoms with E-state index in [4.69, 9.17) is 22.1 Å². The zero-order valence-corrected chi connectivity index (χ0v) is 12.2. The number of hydrogen-bond donors (Lipinski definition) is 1. The summed E-state index contributed by atoms with van der Waals surface area (Å²) < 4.78 is 6.38. The van der Waals surface area contributed by atoms with Gasteiger partial charge in [0.2, 0.25) is 0 Å². The fraction of sp³-hybridized carbons (Fsp3) is 0.625. The molecule has 19 heavy (non-hydrogen) atoms. The maximum atomic E-state index is 6.38. The highest BCUT2D eigenvalue weighted by Gasteiger charge is 2.43. The molecule has 0 bridgehead atoms. The molecular formula is C16H22ClNO. The van der Waals surface area contributed by atoms with Crippen LogP contribution in [0.25, 0.3) is 0 Å². The highest BCUT2D eigenvalue weighted by Crippen LogP contribution is 2.47. The van der Waals surface area contributed by atoms with Crippen molar-refractivity contribution in [3.8, 4) is 5.75 Å². The second-order valence-corrected chi connectivity index (χ2v) is 6.58. The molecule has 1 aromatic rings. The van der Waals surface area contributed by atoms with Crippen LogP contribution in [0.15, 0.2) is 18.2 Å². The van der Waals surface area contributed by atoms with Crippen molar-refractivity contribution in [2.75, 3.05) is 0 Å². The number of halogens is 1. The Morgan fingerprint density at radius 3 is 3.05 bits per heavy atom. The largest absolute Gasteiger partial charge is 0.487 e. The maximum absolute atomic E-state index is 6.38. The summed E-state index contributed by atoms with van der Waals surface area (Å²) in [7, 11) is 0. The van der Waals surface area contributed by atoms with Crippen molar-refractivity contribution in [3.05, 3.63) is 28.8 Å². The Morgan fingerprint density at radius 1 is 1.42 bits per heavy atom. The molecule has 2 N–H and O–H groups in total. The van der Waals surface area contributed by atoms with E-state index in [1.54, 1.807) is 0 Å². The lowest BCUT2D eigenvalue weighted by molar-refractivity contribution is -0.0175. The molecule has 1 aromatic carbocycles. The SMILES string of the molecule is CCC1CCCC2(C1)C[C@@H](N)c1cc(Cl)ccc1O2. The van der Waals surface area contributed by atoms with Crippen molar-refractivity contribution in [1.29, 1.82) is 0 Å². The van der Waals surface area contributed by atoms with E-state index < -0.39 is 0 Å². The van der Waals surface area contributed by atoms with Gasteiger partial charge in [-0.2, -0.15) is 0 Å². The summed E-state index contributed by atoms with van der Waals surface area (Å²) in [5, 5.41) is 0.740. The normalized spacial score (nSPS) is 33.8. The molecule has 2 nitrogen and oxygen atoms in total. The number of rotatable bonds is 1. The zero-order valence-electron chi connectivity index (χ0n) is 11.5. The molecule has 3 atom stereocenters. The van der Waals surface area contributed by atoms with Gasteiger partial charge < -0.3 is 10.5 Å². The second kappa shape index (κ2) is 4.99. The van der Waals surface area contributed by atoms with Crippen LogP contribution in [0, 0.1) is 5.92 Å². The molecule has 0 amide bonds. The smallest absolute Gasteiger partial charge is 0.125 e. The second-order valence-electron chi connectivity index (χ2n) is 6.15. The Morgan fingerprint density at radius 2 is 2.26 bits per heavy atom. The highest BCUT2D eigenvalue weighted by molar-refractivity contribution is 6.30.